The summed E-state index contributed by atoms with van der Waals surface area (Å²) in [5, 5.41) is 3.85. The van der Waals surface area contributed by atoms with E-state index < -0.39 is 6.04 Å². The van der Waals surface area contributed by atoms with Crippen LogP contribution in [0.3, 0.4) is 0 Å². The Labute approximate surface area is 223 Å². The van der Waals surface area contributed by atoms with Crippen LogP contribution in [0.25, 0.3) is 0 Å². The molecule has 0 heterocycles. The summed E-state index contributed by atoms with van der Waals surface area (Å²) < 4.78 is 5.38. The molecule has 1 atom stereocenters. The second-order valence-electron chi connectivity index (χ2n) is 8.65. The van der Waals surface area contributed by atoms with Gasteiger partial charge in [-0.15, -0.1) is 0 Å². The molecule has 0 saturated heterocycles. The first kappa shape index (κ1) is 27.6. The Hall–Kier alpha value is -3.02. The summed E-state index contributed by atoms with van der Waals surface area (Å²) in [5.41, 5.74) is 2.58. The molecule has 1 N–H and O–H groups in total. The number of amides is 2. The standard InChI is InChI=1S/C29H32Cl2N2O3/c1-3-4-15-32-29(35)27(18-21-9-6-5-7-10-21)33(20-23-11-8-12-24(16-23)36-2)28(34)19-22-13-14-25(30)26(31)17-22/h5-14,16-17,27H,3-4,15,18-20H2,1-2H3,(H,32,35)/t27-/m1/s1. The van der Waals surface area contributed by atoms with Gasteiger partial charge in [0.15, 0.2) is 0 Å². The molecule has 0 aliphatic rings. The number of carbonyl (C=O) groups is 2. The normalized spacial score (nSPS) is 11.6. The van der Waals surface area contributed by atoms with Gasteiger partial charge in [-0.2, -0.15) is 0 Å². The average molecular weight is 527 g/mol. The van der Waals surface area contributed by atoms with E-state index in [0.29, 0.717) is 28.8 Å². The summed E-state index contributed by atoms with van der Waals surface area (Å²) in [6, 6.07) is 21.8. The second kappa shape index (κ2) is 13.9. The number of halogens is 2. The Bertz CT molecular complexity index is 1150. The predicted molar refractivity (Wildman–Crippen MR) is 146 cm³/mol. The van der Waals surface area contributed by atoms with Gasteiger partial charge in [0.25, 0.3) is 0 Å². The van der Waals surface area contributed by atoms with Crippen LogP contribution in [-0.4, -0.2) is 36.4 Å². The summed E-state index contributed by atoms with van der Waals surface area (Å²) in [7, 11) is 1.60. The maximum Gasteiger partial charge on any atom is 0.243 e. The van der Waals surface area contributed by atoms with Crippen molar-refractivity contribution in [1.82, 2.24) is 10.2 Å². The minimum absolute atomic E-state index is 0.0917. The third kappa shape index (κ3) is 8.00. The maximum atomic E-state index is 13.8. The smallest absolute Gasteiger partial charge is 0.243 e. The highest BCUT2D eigenvalue weighted by Crippen LogP contribution is 2.24. The predicted octanol–water partition coefficient (Wildman–Crippen LogP) is 6.10. The molecule has 2 amide bonds. The van der Waals surface area contributed by atoms with E-state index >= 15 is 0 Å². The molecular formula is C29H32Cl2N2O3. The van der Waals surface area contributed by atoms with Gasteiger partial charge in [0.1, 0.15) is 11.8 Å². The number of hydrogen-bond donors (Lipinski definition) is 1. The zero-order valence-electron chi connectivity index (χ0n) is 20.7. The number of nitrogens with zero attached hydrogens (tertiary/aromatic N) is 1. The highest BCUT2D eigenvalue weighted by atomic mass is 35.5. The van der Waals surface area contributed by atoms with E-state index in [1.54, 1.807) is 30.2 Å². The third-order valence-electron chi connectivity index (χ3n) is 5.93. The largest absolute Gasteiger partial charge is 0.497 e. The molecular weight excluding hydrogens is 495 g/mol. The van der Waals surface area contributed by atoms with Crippen LogP contribution in [-0.2, 0) is 29.0 Å². The van der Waals surface area contributed by atoms with E-state index in [1.807, 2.05) is 54.6 Å². The maximum absolute atomic E-state index is 13.8. The van der Waals surface area contributed by atoms with Crippen molar-refractivity contribution >= 4 is 35.0 Å². The number of hydrogen-bond acceptors (Lipinski definition) is 3. The molecule has 5 nitrogen and oxygen atoms in total. The first-order chi connectivity index (χ1) is 17.4. The van der Waals surface area contributed by atoms with Crippen LogP contribution >= 0.6 is 23.2 Å². The summed E-state index contributed by atoms with van der Waals surface area (Å²) in [6.45, 7) is 2.90. The number of methoxy groups -OCH3 is 1. The molecule has 0 bridgehead atoms. The Morgan fingerprint density at radius 3 is 2.36 bits per heavy atom. The molecule has 0 spiro atoms. The van der Waals surface area contributed by atoms with Gasteiger partial charge in [0, 0.05) is 19.5 Å². The summed E-state index contributed by atoms with van der Waals surface area (Å²) in [6.07, 6.45) is 2.33. The first-order valence-electron chi connectivity index (χ1n) is 12.1. The molecule has 3 aromatic rings. The van der Waals surface area contributed by atoms with Crippen LogP contribution in [0.4, 0.5) is 0 Å². The molecule has 3 rings (SSSR count). The average Bonchev–Trinajstić information content (AvgIpc) is 2.89. The molecule has 0 aliphatic carbocycles. The first-order valence-corrected chi connectivity index (χ1v) is 12.8. The van der Waals surface area contributed by atoms with Crippen molar-refractivity contribution in [2.45, 2.75) is 45.2 Å². The van der Waals surface area contributed by atoms with Gasteiger partial charge in [-0.05, 0) is 47.4 Å². The lowest BCUT2D eigenvalue weighted by molar-refractivity contribution is -0.140. The van der Waals surface area contributed by atoms with Gasteiger partial charge in [0.05, 0.1) is 23.6 Å². The zero-order chi connectivity index (χ0) is 25.9. The fourth-order valence-electron chi connectivity index (χ4n) is 3.95. The minimum atomic E-state index is -0.689. The van der Waals surface area contributed by atoms with Crippen LogP contribution in [0, 0.1) is 0 Å². The fraction of sp³-hybridized carbons (Fsp3) is 0.310. The van der Waals surface area contributed by atoms with Crippen molar-refractivity contribution in [2.75, 3.05) is 13.7 Å². The third-order valence-corrected chi connectivity index (χ3v) is 6.67. The topological polar surface area (TPSA) is 58.6 Å². The summed E-state index contributed by atoms with van der Waals surface area (Å²) in [5.74, 6) is 0.344. The molecule has 36 heavy (non-hydrogen) atoms. The molecule has 190 valence electrons. The summed E-state index contributed by atoms with van der Waals surface area (Å²) >= 11 is 12.3. The Morgan fingerprint density at radius 1 is 0.917 bits per heavy atom. The highest BCUT2D eigenvalue weighted by Gasteiger charge is 2.30. The Morgan fingerprint density at radius 2 is 1.67 bits per heavy atom. The molecule has 0 aliphatic heterocycles. The monoisotopic (exact) mass is 526 g/mol. The number of nitrogens with one attached hydrogen (secondary N) is 1. The molecule has 0 saturated carbocycles. The molecule has 0 radical (unpaired) electrons. The van der Waals surface area contributed by atoms with Gasteiger partial charge < -0.3 is 15.0 Å². The van der Waals surface area contributed by atoms with Gasteiger partial charge in [-0.25, -0.2) is 0 Å². The van der Waals surface area contributed by atoms with Crippen LogP contribution in [0.2, 0.25) is 10.0 Å². The molecule has 7 heteroatoms. The van der Waals surface area contributed by atoms with Crippen LogP contribution < -0.4 is 10.1 Å². The quantitative estimate of drug-likeness (QED) is 0.290. The van der Waals surface area contributed by atoms with Crippen molar-refractivity contribution in [3.8, 4) is 5.75 Å². The molecule has 0 unspecified atom stereocenters. The van der Waals surface area contributed by atoms with E-state index in [1.165, 1.54) is 0 Å². The van der Waals surface area contributed by atoms with Crippen molar-refractivity contribution in [3.05, 3.63) is 99.5 Å². The van der Waals surface area contributed by atoms with Crippen LogP contribution in [0.1, 0.15) is 36.5 Å². The Balaban J connectivity index is 1.96. The summed E-state index contributed by atoms with van der Waals surface area (Å²) in [4.78, 5) is 28.9. The molecule has 0 aromatic heterocycles. The Kier molecular flexibility index (Phi) is 10.6. The fourth-order valence-corrected chi connectivity index (χ4v) is 4.27. The van der Waals surface area contributed by atoms with Gasteiger partial charge >= 0.3 is 0 Å². The van der Waals surface area contributed by atoms with E-state index in [-0.39, 0.29) is 24.8 Å². The number of ether oxygens (including phenoxy) is 1. The number of unbranched alkanes of at least 4 members (excludes halogenated alkanes) is 1. The lowest BCUT2D eigenvalue weighted by atomic mass is 10.0. The minimum Gasteiger partial charge on any atom is -0.497 e. The van der Waals surface area contributed by atoms with Gasteiger partial charge in [-0.1, -0.05) is 85.1 Å². The molecule has 0 fully saturated rings. The number of benzene rings is 3. The lowest BCUT2D eigenvalue weighted by Crippen LogP contribution is -2.51. The van der Waals surface area contributed by atoms with Crippen LogP contribution in [0.15, 0.2) is 72.8 Å². The molecule has 3 aromatic carbocycles. The highest BCUT2D eigenvalue weighted by molar-refractivity contribution is 6.42. The second-order valence-corrected chi connectivity index (χ2v) is 9.46. The van der Waals surface area contributed by atoms with Crippen molar-refractivity contribution in [3.63, 3.8) is 0 Å². The zero-order valence-corrected chi connectivity index (χ0v) is 22.2. The van der Waals surface area contributed by atoms with Crippen molar-refractivity contribution in [1.29, 1.82) is 0 Å². The van der Waals surface area contributed by atoms with Crippen molar-refractivity contribution in [2.24, 2.45) is 0 Å². The number of rotatable bonds is 12. The van der Waals surface area contributed by atoms with Crippen LogP contribution in [0.5, 0.6) is 5.75 Å². The lowest BCUT2D eigenvalue weighted by Gasteiger charge is -2.32. The SMILES string of the molecule is CCCCNC(=O)[C@@H](Cc1ccccc1)N(Cc1cccc(OC)c1)C(=O)Cc1ccc(Cl)c(Cl)c1. The van der Waals surface area contributed by atoms with E-state index in [2.05, 4.69) is 12.2 Å². The van der Waals surface area contributed by atoms with Gasteiger partial charge in [0.2, 0.25) is 11.8 Å². The number of carbonyl (C=O) groups excluding carboxylic acids is 2. The van der Waals surface area contributed by atoms with E-state index in [9.17, 15) is 9.59 Å². The van der Waals surface area contributed by atoms with E-state index in [4.69, 9.17) is 27.9 Å². The van der Waals surface area contributed by atoms with Gasteiger partial charge in [-0.3, -0.25) is 9.59 Å². The van der Waals surface area contributed by atoms with Crippen molar-refractivity contribution < 1.29 is 14.3 Å². The van der Waals surface area contributed by atoms with E-state index in [0.717, 1.165) is 29.5 Å².